The van der Waals surface area contributed by atoms with E-state index in [1.54, 1.807) is 24.3 Å². The summed E-state index contributed by atoms with van der Waals surface area (Å²) in [5.74, 6) is -0.890. The predicted molar refractivity (Wildman–Crippen MR) is 111 cm³/mol. The van der Waals surface area contributed by atoms with E-state index in [-0.39, 0.29) is 24.4 Å². The number of nitrogens with one attached hydrogen (secondary N) is 2. The summed E-state index contributed by atoms with van der Waals surface area (Å²) in [7, 11) is -3.91. The normalized spacial score (nSPS) is 17.6. The van der Waals surface area contributed by atoms with E-state index in [1.165, 1.54) is 6.07 Å². The molecule has 3 rings (SSSR count). The number of rotatable bonds is 5. The van der Waals surface area contributed by atoms with Crippen molar-refractivity contribution in [1.29, 1.82) is 0 Å². The highest BCUT2D eigenvalue weighted by atomic mass is 32.2. The molecule has 29 heavy (non-hydrogen) atoms. The van der Waals surface area contributed by atoms with Gasteiger partial charge in [-0.1, -0.05) is 23.8 Å². The summed E-state index contributed by atoms with van der Waals surface area (Å²) >= 11 is 0. The van der Waals surface area contributed by atoms with Crippen molar-refractivity contribution >= 4 is 27.5 Å². The molecule has 0 radical (unpaired) electrons. The highest BCUT2D eigenvalue weighted by Gasteiger charge is 2.39. The number of aryl methyl sites for hydroxylation is 3. The van der Waals surface area contributed by atoms with E-state index in [9.17, 15) is 18.0 Å². The SMILES string of the molecule is Cc1ccc(NC(=O)C[C@H]2C(=O)NCCN2S(=O)(=O)c2ccc(C)c(C)c2)cc1. The summed E-state index contributed by atoms with van der Waals surface area (Å²) in [6.07, 6.45) is -0.260. The lowest BCUT2D eigenvalue weighted by molar-refractivity contribution is -0.130. The smallest absolute Gasteiger partial charge is 0.243 e. The van der Waals surface area contributed by atoms with Gasteiger partial charge in [0.05, 0.1) is 11.3 Å². The molecule has 2 amide bonds. The van der Waals surface area contributed by atoms with Crippen LogP contribution < -0.4 is 10.6 Å². The Morgan fingerprint density at radius 1 is 1.10 bits per heavy atom. The van der Waals surface area contributed by atoms with Crippen molar-refractivity contribution in [1.82, 2.24) is 9.62 Å². The van der Waals surface area contributed by atoms with Gasteiger partial charge in [-0.05, 0) is 56.2 Å². The Morgan fingerprint density at radius 2 is 1.79 bits per heavy atom. The van der Waals surface area contributed by atoms with Crippen LogP contribution in [-0.4, -0.2) is 43.7 Å². The standard InChI is InChI=1S/C21H25N3O4S/c1-14-4-7-17(8-5-14)23-20(25)13-19-21(26)22-10-11-24(19)29(27,28)18-9-6-15(2)16(3)12-18/h4-9,12,19H,10-11,13H2,1-3H3,(H,22,26)(H,23,25)/t19-/m0/s1. The number of carbonyl (C=O) groups excluding carboxylic acids is 2. The summed E-state index contributed by atoms with van der Waals surface area (Å²) in [5.41, 5.74) is 3.48. The van der Waals surface area contributed by atoms with Gasteiger partial charge >= 0.3 is 0 Å². The van der Waals surface area contributed by atoms with Crippen LogP contribution >= 0.6 is 0 Å². The fourth-order valence-corrected chi connectivity index (χ4v) is 4.88. The Hall–Kier alpha value is -2.71. The van der Waals surface area contributed by atoms with Gasteiger partial charge in [0.2, 0.25) is 21.8 Å². The number of benzene rings is 2. The van der Waals surface area contributed by atoms with Gasteiger partial charge < -0.3 is 10.6 Å². The second kappa shape index (κ2) is 8.34. The molecule has 1 fully saturated rings. The Kier molecular flexibility index (Phi) is 6.04. The van der Waals surface area contributed by atoms with Gasteiger partial charge in [-0.25, -0.2) is 8.42 Å². The lowest BCUT2D eigenvalue weighted by atomic mass is 10.1. The molecule has 154 valence electrons. The molecule has 2 N–H and O–H groups in total. The van der Waals surface area contributed by atoms with Crippen LogP contribution in [0.2, 0.25) is 0 Å². The van der Waals surface area contributed by atoms with Gasteiger partial charge in [0, 0.05) is 18.8 Å². The van der Waals surface area contributed by atoms with Crippen LogP contribution in [0.5, 0.6) is 0 Å². The average Bonchev–Trinajstić information content (AvgIpc) is 2.67. The first-order chi connectivity index (χ1) is 13.7. The predicted octanol–water partition coefficient (Wildman–Crippen LogP) is 2.13. The first-order valence-corrected chi connectivity index (χ1v) is 10.9. The third-order valence-electron chi connectivity index (χ3n) is 5.08. The number of hydrogen-bond donors (Lipinski definition) is 2. The number of sulfonamides is 1. The largest absolute Gasteiger partial charge is 0.353 e. The molecule has 0 saturated carbocycles. The molecule has 0 bridgehead atoms. The molecule has 8 heteroatoms. The average molecular weight is 416 g/mol. The number of carbonyl (C=O) groups is 2. The van der Waals surface area contributed by atoms with Crippen LogP contribution in [0.4, 0.5) is 5.69 Å². The number of anilines is 1. The summed E-state index contributed by atoms with van der Waals surface area (Å²) in [5, 5.41) is 5.38. The monoisotopic (exact) mass is 415 g/mol. The fourth-order valence-electron chi connectivity index (χ4n) is 3.21. The molecule has 2 aromatic carbocycles. The molecule has 0 aromatic heterocycles. The van der Waals surface area contributed by atoms with E-state index >= 15 is 0 Å². The molecule has 0 spiro atoms. The lowest BCUT2D eigenvalue weighted by Gasteiger charge is -2.33. The van der Waals surface area contributed by atoms with Crippen molar-refractivity contribution in [3.8, 4) is 0 Å². The number of hydrogen-bond acceptors (Lipinski definition) is 4. The highest BCUT2D eigenvalue weighted by Crippen LogP contribution is 2.24. The zero-order chi connectivity index (χ0) is 21.2. The van der Waals surface area contributed by atoms with Gasteiger partial charge in [-0.2, -0.15) is 4.31 Å². The molecule has 1 atom stereocenters. The molecule has 7 nitrogen and oxygen atoms in total. The minimum Gasteiger partial charge on any atom is -0.353 e. The van der Waals surface area contributed by atoms with Crippen LogP contribution in [0.15, 0.2) is 47.4 Å². The van der Waals surface area contributed by atoms with Crippen LogP contribution in [0.25, 0.3) is 0 Å². The third-order valence-corrected chi connectivity index (χ3v) is 6.98. The maximum Gasteiger partial charge on any atom is 0.243 e. The van der Waals surface area contributed by atoms with Gasteiger partial charge in [-0.15, -0.1) is 0 Å². The highest BCUT2D eigenvalue weighted by molar-refractivity contribution is 7.89. The van der Waals surface area contributed by atoms with E-state index < -0.39 is 27.9 Å². The van der Waals surface area contributed by atoms with E-state index in [0.717, 1.165) is 21.0 Å². The quantitative estimate of drug-likeness (QED) is 0.782. The van der Waals surface area contributed by atoms with E-state index in [2.05, 4.69) is 10.6 Å². The summed E-state index contributed by atoms with van der Waals surface area (Å²) < 4.78 is 27.5. The van der Waals surface area contributed by atoms with Crippen molar-refractivity contribution in [2.45, 2.75) is 38.1 Å². The van der Waals surface area contributed by atoms with Crippen molar-refractivity contribution < 1.29 is 18.0 Å². The molecule has 1 heterocycles. The topological polar surface area (TPSA) is 95.6 Å². The lowest BCUT2D eigenvalue weighted by Crippen LogP contribution is -2.57. The van der Waals surface area contributed by atoms with Gasteiger partial charge in [0.25, 0.3) is 0 Å². The first kappa shape index (κ1) is 21.0. The number of amides is 2. The molecule has 0 aliphatic carbocycles. The van der Waals surface area contributed by atoms with Gasteiger partial charge in [0.15, 0.2) is 0 Å². The zero-order valence-electron chi connectivity index (χ0n) is 16.7. The fraction of sp³-hybridized carbons (Fsp3) is 0.333. The Balaban J connectivity index is 1.83. The van der Waals surface area contributed by atoms with Gasteiger partial charge in [0.1, 0.15) is 6.04 Å². The molecular weight excluding hydrogens is 390 g/mol. The molecule has 1 aliphatic heterocycles. The minimum absolute atomic E-state index is 0.115. The Bertz CT molecular complexity index is 1030. The second-order valence-electron chi connectivity index (χ2n) is 7.29. The van der Waals surface area contributed by atoms with Crippen molar-refractivity contribution in [2.75, 3.05) is 18.4 Å². The van der Waals surface area contributed by atoms with E-state index in [1.807, 2.05) is 32.9 Å². The summed E-state index contributed by atoms with van der Waals surface area (Å²) in [6, 6.07) is 11.0. The van der Waals surface area contributed by atoms with Crippen molar-refractivity contribution in [3.63, 3.8) is 0 Å². The Morgan fingerprint density at radius 3 is 2.45 bits per heavy atom. The summed E-state index contributed by atoms with van der Waals surface area (Å²) in [4.78, 5) is 25.1. The molecule has 0 unspecified atom stereocenters. The van der Waals surface area contributed by atoms with Crippen molar-refractivity contribution in [2.24, 2.45) is 0 Å². The molecule has 1 saturated heterocycles. The second-order valence-corrected chi connectivity index (χ2v) is 9.18. The van der Waals surface area contributed by atoms with Gasteiger partial charge in [-0.3, -0.25) is 9.59 Å². The number of piperazine rings is 1. The van der Waals surface area contributed by atoms with Crippen LogP contribution in [0.1, 0.15) is 23.1 Å². The number of nitrogens with zero attached hydrogens (tertiary/aromatic N) is 1. The van der Waals surface area contributed by atoms with Crippen LogP contribution in [0, 0.1) is 20.8 Å². The maximum absolute atomic E-state index is 13.2. The van der Waals surface area contributed by atoms with Crippen LogP contribution in [0.3, 0.4) is 0 Å². The summed E-state index contributed by atoms with van der Waals surface area (Å²) in [6.45, 7) is 6.00. The zero-order valence-corrected chi connectivity index (χ0v) is 17.5. The minimum atomic E-state index is -3.91. The van der Waals surface area contributed by atoms with E-state index in [0.29, 0.717) is 5.69 Å². The third kappa shape index (κ3) is 4.65. The van der Waals surface area contributed by atoms with E-state index in [4.69, 9.17) is 0 Å². The molecular formula is C21H25N3O4S. The maximum atomic E-state index is 13.2. The molecule has 2 aromatic rings. The first-order valence-electron chi connectivity index (χ1n) is 9.42. The van der Waals surface area contributed by atoms with Crippen molar-refractivity contribution in [3.05, 3.63) is 59.2 Å². The Labute approximate surface area is 171 Å². The van der Waals surface area contributed by atoms with Crippen LogP contribution in [-0.2, 0) is 19.6 Å². The molecule has 1 aliphatic rings.